The third-order valence-corrected chi connectivity index (χ3v) is 2.47. The summed E-state index contributed by atoms with van der Waals surface area (Å²) in [7, 11) is 0. The second kappa shape index (κ2) is 4.00. The average Bonchev–Trinajstić information content (AvgIpc) is 2.31. The van der Waals surface area contributed by atoms with Crippen LogP contribution in [0, 0.1) is 5.92 Å². The maximum Gasteiger partial charge on any atom is 0.225 e. The molecule has 1 amide bonds. The summed E-state index contributed by atoms with van der Waals surface area (Å²) in [6, 6.07) is 0. The molecule has 1 aliphatic heterocycles. The predicted octanol–water partition coefficient (Wildman–Crippen LogP) is 1.17. The Morgan fingerprint density at radius 2 is 2.45 bits per heavy atom. The molecule has 2 nitrogen and oxygen atoms in total. The third-order valence-electron chi connectivity index (χ3n) is 2.15. The first-order chi connectivity index (χ1) is 5.25. The van der Waals surface area contributed by atoms with Crippen molar-refractivity contribution in [1.29, 1.82) is 0 Å². The fraction of sp³-hybridized carbons (Fsp3) is 0.875. The molecule has 0 aromatic heterocycles. The Bertz CT molecular complexity index is 149. The van der Waals surface area contributed by atoms with Gasteiger partial charge in [-0.2, -0.15) is 12.6 Å². The van der Waals surface area contributed by atoms with E-state index in [1.54, 1.807) is 0 Å². The van der Waals surface area contributed by atoms with Crippen LogP contribution in [0.15, 0.2) is 0 Å². The van der Waals surface area contributed by atoms with Crippen LogP contribution < -0.4 is 0 Å². The van der Waals surface area contributed by atoms with E-state index in [0.29, 0.717) is 5.91 Å². The summed E-state index contributed by atoms with van der Waals surface area (Å²) in [5.74, 6) is 1.46. The molecule has 0 aromatic rings. The number of hydrogen-bond donors (Lipinski definition) is 1. The Kier molecular flexibility index (Phi) is 3.24. The van der Waals surface area contributed by atoms with Crippen molar-refractivity contribution < 1.29 is 4.79 Å². The molecule has 0 spiro atoms. The van der Waals surface area contributed by atoms with Crippen molar-refractivity contribution in [2.45, 2.75) is 19.8 Å². The Morgan fingerprint density at radius 3 is 2.91 bits per heavy atom. The zero-order valence-electron chi connectivity index (χ0n) is 6.92. The van der Waals surface area contributed by atoms with Crippen LogP contribution in [-0.4, -0.2) is 29.6 Å². The number of carbonyl (C=O) groups excluding carboxylic acids is 1. The van der Waals surface area contributed by atoms with Gasteiger partial charge in [-0.3, -0.25) is 4.79 Å². The quantitative estimate of drug-likeness (QED) is 0.635. The summed E-state index contributed by atoms with van der Waals surface area (Å²) < 4.78 is 0. The molecule has 0 N–H and O–H groups in total. The van der Waals surface area contributed by atoms with Gasteiger partial charge in [0.05, 0.1) is 0 Å². The van der Waals surface area contributed by atoms with Gasteiger partial charge in [0.1, 0.15) is 0 Å². The number of carbonyl (C=O) groups is 1. The van der Waals surface area contributed by atoms with Crippen LogP contribution in [0.3, 0.4) is 0 Å². The number of amides is 1. The zero-order valence-corrected chi connectivity index (χ0v) is 7.81. The smallest absolute Gasteiger partial charge is 0.225 e. The Hall–Kier alpha value is -0.180. The summed E-state index contributed by atoms with van der Waals surface area (Å²) in [4.78, 5) is 13.3. The van der Waals surface area contributed by atoms with Crippen LogP contribution in [0.25, 0.3) is 0 Å². The fourth-order valence-electron chi connectivity index (χ4n) is 1.38. The van der Waals surface area contributed by atoms with Crippen LogP contribution in [0.4, 0.5) is 0 Å². The van der Waals surface area contributed by atoms with Crippen molar-refractivity contribution >= 4 is 18.5 Å². The molecule has 0 radical (unpaired) electrons. The lowest BCUT2D eigenvalue weighted by Crippen LogP contribution is -2.27. The van der Waals surface area contributed by atoms with Crippen molar-refractivity contribution in [2.24, 2.45) is 5.92 Å². The van der Waals surface area contributed by atoms with E-state index in [-0.39, 0.29) is 5.92 Å². The minimum Gasteiger partial charge on any atom is -0.342 e. The molecule has 1 saturated heterocycles. The molecule has 1 atom stereocenters. The van der Waals surface area contributed by atoms with E-state index in [9.17, 15) is 4.79 Å². The molecule has 1 heterocycles. The minimum absolute atomic E-state index is 0.259. The zero-order chi connectivity index (χ0) is 8.27. The molecule has 0 aliphatic carbocycles. The van der Waals surface area contributed by atoms with E-state index < -0.39 is 0 Å². The van der Waals surface area contributed by atoms with Crippen molar-refractivity contribution in [3.05, 3.63) is 0 Å². The molecule has 1 fully saturated rings. The van der Waals surface area contributed by atoms with E-state index in [1.165, 1.54) is 0 Å². The highest BCUT2D eigenvalue weighted by Gasteiger charge is 2.26. The highest BCUT2D eigenvalue weighted by molar-refractivity contribution is 7.80. The number of thiol groups is 1. The van der Waals surface area contributed by atoms with Crippen molar-refractivity contribution in [1.82, 2.24) is 4.90 Å². The second-order valence-electron chi connectivity index (χ2n) is 3.09. The van der Waals surface area contributed by atoms with Crippen molar-refractivity contribution in [3.8, 4) is 0 Å². The average molecular weight is 173 g/mol. The lowest BCUT2D eigenvalue weighted by Gasteiger charge is -2.14. The Labute approximate surface area is 73.4 Å². The van der Waals surface area contributed by atoms with E-state index in [2.05, 4.69) is 12.6 Å². The molecule has 11 heavy (non-hydrogen) atoms. The van der Waals surface area contributed by atoms with E-state index >= 15 is 0 Å². The minimum atomic E-state index is 0.259. The van der Waals surface area contributed by atoms with Crippen LogP contribution >= 0.6 is 12.6 Å². The van der Waals surface area contributed by atoms with Crippen LogP contribution in [-0.2, 0) is 4.79 Å². The lowest BCUT2D eigenvalue weighted by molar-refractivity contribution is -0.130. The van der Waals surface area contributed by atoms with Gasteiger partial charge in [-0.25, -0.2) is 0 Å². The van der Waals surface area contributed by atoms with E-state index in [1.807, 2.05) is 11.8 Å². The topological polar surface area (TPSA) is 20.3 Å². The highest BCUT2D eigenvalue weighted by Crippen LogP contribution is 2.16. The third kappa shape index (κ3) is 2.12. The second-order valence-corrected chi connectivity index (χ2v) is 3.54. The summed E-state index contributed by atoms with van der Waals surface area (Å²) in [5.41, 5.74) is 0. The van der Waals surface area contributed by atoms with Gasteiger partial charge in [0.15, 0.2) is 0 Å². The molecule has 0 aromatic carbocycles. The molecule has 0 saturated carbocycles. The normalized spacial score (nSPS) is 24.7. The van der Waals surface area contributed by atoms with Crippen LogP contribution in [0.5, 0.6) is 0 Å². The summed E-state index contributed by atoms with van der Waals surface area (Å²) >= 11 is 4.11. The summed E-state index contributed by atoms with van der Waals surface area (Å²) in [6.07, 6.45) is 2.05. The SMILES string of the molecule is CC1CCN(CCCS)C1=O. The lowest BCUT2D eigenvalue weighted by atomic mass is 10.1. The van der Waals surface area contributed by atoms with E-state index in [0.717, 1.165) is 31.7 Å². The summed E-state index contributed by atoms with van der Waals surface area (Å²) in [5, 5.41) is 0. The Balaban J connectivity index is 2.30. The molecule has 1 rings (SSSR count). The Morgan fingerprint density at radius 1 is 1.73 bits per heavy atom. The number of likely N-dealkylation sites (tertiary alicyclic amines) is 1. The molecule has 0 bridgehead atoms. The maximum atomic E-state index is 11.3. The molecule has 64 valence electrons. The monoisotopic (exact) mass is 173 g/mol. The van der Waals surface area contributed by atoms with Gasteiger partial charge in [0.2, 0.25) is 5.91 Å². The van der Waals surface area contributed by atoms with Crippen molar-refractivity contribution in [3.63, 3.8) is 0 Å². The van der Waals surface area contributed by atoms with Gasteiger partial charge in [0, 0.05) is 19.0 Å². The van der Waals surface area contributed by atoms with Gasteiger partial charge in [0.25, 0.3) is 0 Å². The van der Waals surface area contributed by atoms with Gasteiger partial charge in [-0.15, -0.1) is 0 Å². The van der Waals surface area contributed by atoms with E-state index in [4.69, 9.17) is 0 Å². The van der Waals surface area contributed by atoms with Gasteiger partial charge >= 0.3 is 0 Å². The largest absolute Gasteiger partial charge is 0.342 e. The molecular formula is C8H15NOS. The predicted molar refractivity (Wildman–Crippen MR) is 48.8 cm³/mol. The van der Waals surface area contributed by atoms with Crippen molar-refractivity contribution in [2.75, 3.05) is 18.8 Å². The highest BCUT2D eigenvalue weighted by atomic mass is 32.1. The van der Waals surface area contributed by atoms with Crippen LogP contribution in [0.1, 0.15) is 19.8 Å². The first-order valence-electron chi connectivity index (χ1n) is 4.15. The van der Waals surface area contributed by atoms with Gasteiger partial charge in [-0.05, 0) is 18.6 Å². The molecule has 1 aliphatic rings. The van der Waals surface area contributed by atoms with Crippen LogP contribution in [0.2, 0.25) is 0 Å². The standard InChI is InChI=1S/C8H15NOS/c1-7-3-5-9(8(7)10)4-2-6-11/h7,11H,2-6H2,1H3. The van der Waals surface area contributed by atoms with Gasteiger partial charge in [-0.1, -0.05) is 6.92 Å². The molecular weight excluding hydrogens is 158 g/mol. The molecule has 1 unspecified atom stereocenters. The first kappa shape index (κ1) is 8.91. The number of nitrogens with zero attached hydrogens (tertiary/aromatic N) is 1. The fourth-order valence-corrected chi connectivity index (χ4v) is 1.52. The number of hydrogen-bond acceptors (Lipinski definition) is 2. The first-order valence-corrected chi connectivity index (χ1v) is 4.78. The number of rotatable bonds is 3. The summed E-state index contributed by atoms with van der Waals surface area (Å²) in [6.45, 7) is 3.85. The molecule has 3 heteroatoms. The maximum absolute atomic E-state index is 11.3. The van der Waals surface area contributed by atoms with Gasteiger partial charge < -0.3 is 4.90 Å².